The fourth-order valence-corrected chi connectivity index (χ4v) is 1.91. The van der Waals surface area contributed by atoms with E-state index < -0.39 is 0 Å². The normalized spacial score (nSPS) is 10.2. The number of aromatic nitrogens is 1. The van der Waals surface area contributed by atoms with Crippen LogP contribution < -0.4 is 21.3 Å². The summed E-state index contributed by atoms with van der Waals surface area (Å²) in [5.41, 5.74) is 6.91. The number of pyridine rings is 1. The van der Waals surface area contributed by atoms with Gasteiger partial charge in [-0.25, -0.2) is 0 Å². The Morgan fingerprint density at radius 3 is 2.76 bits per heavy atom. The van der Waals surface area contributed by atoms with E-state index >= 15 is 0 Å². The molecule has 3 N–H and O–H groups in total. The number of nitrogens with two attached hydrogens (primary N) is 1. The minimum Gasteiger partial charge on any atom is -0.497 e. The van der Waals surface area contributed by atoms with Gasteiger partial charge in [0.15, 0.2) is 0 Å². The molecule has 0 saturated carbocycles. The summed E-state index contributed by atoms with van der Waals surface area (Å²) >= 11 is 0. The second-order valence-electron chi connectivity index (χ2n) is 4.45. The summed E-state index contributed by atoms with van der Waals surface area (Å²) < 4.78 is 6.59. The van der Waals surface area contributed by atoms with Gasteiger partial charge in [0.25, 0.3) is 11.5 Å². The zero-order valence-corrected chi connectivity index (χ0v) is 11.9. The second kappa shape index (κ2) is 6.13. The number of nitrogen functional groups attached to an aromatic ring is 1. The first-order chi connectivity index (χ1) is 10.0. The lowest BCUT2D eigenvalue weighted by Gasteiger charge is -2.10. The molecule has 0 radical (unpaired) electrons. The summed E-state index contributed by atoms with van der Waals surface area (Å²) in [7, 11) is 1.52. The van der Waals surface area contributed by atoms with Crippen LogP contribution in [0.3, 0.4) is 0 Å². The molecule has 1 aromatic heterocycles. The van der Waals surface area contributed by atoms with Crippen LogP contribution in [-0.4, -0.2) is 17.6 Å². The molecule has 0 fully saturated rings. The van der Waals surface area contributed by atoms with Gasteiger partial charge in [0.1, 0.15) is 5.75 Å². The Hall–Kier alpha value is -2.76. The molecule has 0 unspecified atom stereocenters. The number of hydrogen-bond donors (Lipinski definition) is 2. The van der Waals surface area contributed by atoms with Gasteiger partial charge < -0.3 is 20.4 Å². The van der Waals surface area contributed by atoms with Gasteiger partial charge in [0, 0.05) is 24.5 Å². The lowest BCUT2D eigenvalue weighted by molar-refractivity contribution is 0.102. The number of amides is 1. The van der Waals surface area contributed by atoms with Crippen LogP contribution in [0.4, 0.5) is 11.4 Å². The van der Waals surface area contributed by atoms with Crippen LogP contribution in [0.15, 0.2) is 41.3 Å². The van der Waals surface area contributed by atoms with E-state index in [9.17, 15) is 9.59 Å². The van der Waals surface area contributed by atoms with Gasteiger partial charge in [-0.2, -0.15) is 0 Å². The van der Waals surface area contributed by atoms with E-state index in [0.717, 1.165) is 0 Å². The van der Waals surface area contributed by atoms with Crippen molar-refractivity contribution in [3.63, 3.8) is 0 Å². The maximum absolute atomic E-state index is 12.3. The molecule has 1 heterocycles. The maximum atomic E-state index is 12.3. The smallest absolute Gasteiger partial charge is 0.257 e. The maximum Gasteiger partial charge on any atom is 0.257 e. The van der Waals surface area contributed by atoms with Gasteiger partial charge in [0.05, 0.1) is 18.4 Å². The SMILES string of the molecule is CCn1cc(NC(=O)c2cc(OC)ccc2N)ccc1=O. The molecular weight excluding hydrogens is 270 g/mol. The molecular formula is C15H17N3O3. The molecule has 110 valence electrons. The first-order valence-corrected chi connectivity index (χ1v) is 6.50. The third-order valence-corrected chi connectivity index (χ3v) is 3.09. The van der Waals surface area contributed by atoms with Crippen molar-refractivity contribution in [2.45, 2.75) is 13.5 Å². The van der Waals surface area contributed by atoms with Crippen molar-refractivity contribution < 1.29 is 9.53 Å². The Balaban J connectivity index is 2.27. The third kappa shape index (κ3) is 3.22. The number of anilines is 2. The Morgan fingerprint density at radius 2 is 2.10 bits per heavy atom. The minimum absolute atomic E-state index is 0.114. The molecule has 1 aromatic carbocycles. The summed E-state index contributed by atoms with van der Waals surface area (Å²) in [5.74, 6) is 0.195. The minimum atomic E-state index is -0.354. The Bertz CT molecular complexity index is 722. The molecule has 2 rings (SSSR count). The summed E-state index contributed by atoms with van der Waals surface area (Å²) in [6.45, 7) is 2.39. The van der Waals surface area contributed by atoms with E-state index in [1.165, 1.54) is 17.7 Å². The van der Waals surface area contributed by atoms with Crippen molar-refractivity contribution in [1.29, 1.82) is 0 Å². The highest BCUT2D eigenvalue weighted by Gasteiger charge is 2.11. The molecule has 0 atom stereocenters. The van der Waals surface area contributed by atoms with Crippen LogP contribution in [0.2, 0.25) is 0 Å². The van der Waals surface area contributed by atoms with Gasteiger partial charge >= 0.3 is 0 Å². The van der Waals surface area contributed by atoms with Gasteiger partial charge in [0.2, 0.25) is 0 Å². The first kappa shape index (κ1) is 14.6. The first-order valence-electron chi connectivity index (χ1n) is 6.50. The fraction of sp³-hybridized carbons (Fsp3) is 0.200. The van der Waals surface area contributed by atoms with Crippen molar-refractivity contribution in [1.82, 2.24) is 4.57 Å². The zero-order valence-electron chi connectivity index (χ0n) is 11.9. The Kier molecular flexibility index (Phi) is 4.27. The summed E-state index contributed by atoms with van der Waals surface area (Å²) in [5, 5.41) is 2.72. The standard InChI is InChI=1S/C15H17N3O3/c1-3-18-9-10(4-7-14(18)19)17-15(20)12-8-11(21-2)5-6-13(12)16/h4-9H,3,16H2,1-2H3,(H,17,20). The summed E-state index contributed by atoms with van der Waals surface area (Å²) in [4.78, 5) is 23.8. The van der Waals surface area contributed by atoms with Crippen molar-refractivity contribution in [2.75, 3.05) is 18.2 Å². The van der Waals surface area contributed by atoms with Gasteiger partial charge in [-0.15, -0.1) is 0 Å². The molecule has 21 heavy (non-hydrogen) atoms. The van der Waals surface area contributed by atoms with E-state index in [4.69, 9.17) is 10.5 Å². The van der Waals surface area contributed by atoms with Crippen LogP contribution in [0, 0.1) is 0 Å². The number of methoxy groups -OCH3 is 1. The van der Waals surface area contributed by atoms with Crippen molar-refractivity contribution in [3.8, 4) is 5.75 Å². The zero-order chi connectivity index (χ0) is 15.4. The number of carbonyl (C=O) groups is 1. The number of nitrogens with zero attached hydrogens (tertiary/aromatic N) is 1. The van der Waals surface area contributed by atoms with Gasteiger partial charge in [-0.1, -0.05) is 0 Å². The van der Waals surface area contributed by atoms with E-state index in [1.54, 1.807) is 30.5 Å². The van der Waals surface area contributed by atoms with Gasteiger partial charge in [-0.3, -0.25) is 9.59 Å². The van der Waals surface area contributed by atoms with Crippen LogP contribution in [0.25, 0.3) is 0 Å². The average Bonchev–Trinajstić information content (AvgIpc) is 2.49. The third-order valence-electron chi connectivity index (χ3n) is 3.09. The van der Waals surface area contributed by atoms with Gasteiger partial charge in [-0.05, 0) is 31.2 Å². The second-order valence-corrected chi connectivity index (χ2v) is 4.45. The lowest BCUT2D eigenvalue weighted by atomic mass is 10.1. The van der Waals surface area contributed by atoms with Crippen LogP contribution in [-0.2, 0) is 6.54 Å². The monoisotopic (exact) mass is 287 g/mol. The highest BCUT2D eigenvalue weighted by atomic mass is 16.5. The molecule has 1 amide bonds. The molecule has 6 heteroatoms. The molecule has 0 aliphatic rings. The van der Waals surface area contributed by atoms with Crippen LogP contribution >= 0.6 is 0 Å². The molecule has 0 aliphatic carbocycles. The van der Waals surface area contributed by atoms with Crippen molar-refractivity contribution >= 4 is 17.3 Å². The van der Waals surface area contributed by atoms with Crippen molar-refractivity contribution in [2.24, 2.45) is 0 Å². The number of ether oxygens (including phenoxy) is 1. The van der Waals surface area contributed by atoms with E-state index in [2.05, 4.69) is 5.32 Å². The number of hydrogen-bond acceptors (Lipinski definition) is 4. The molecule has 0 bridgehead atoms. The predicted octanol–water partition coefficient (Wildman–Crippen LogP) is 1.71. The van der Waals surface area contributed by atoms with Crippen LogP contribution in [0.5, 0.6) is 5.75 Å². The van der Waals surface area contributed by atoms with E-state index in [1.807, 2.05) is 6.92 Å². The van der Waals surface area contributed by atoms with E-state index in [-0.39, 0.29) is 11.5 Å². The topological polar surface area (TPSA) is 86.3 Å². The summed E-state index contributed by atoms with van der Waals surface area (Å²) in [6.07, 6.45) is 1.59. The predicted molar refractivity (Wildman–Crippen MR) is 81.7 cm³/mol. The van der Waals surface area contributed by atoms with Crippen LogP contribution in [0.1, 0.15) is 17.3 Å². The number of nitrogens with one attached hydrogen (secondary N) is 1. The summed E-state index contributed by atoms with van der Waals surface area (Å²) in [6, 6.07) is 7.83. The molecule has 0 spiro atoms. The molecule has 0 aliphatic heterocycles. The highest BCUT2D eigenvalue weighted by Crippen LogP contribution is 2.20. The fourth-order valence-electron chi connectivity index (χ4n) is 1.91. The number of rotatable bonds is 4. The number of aryl methyl sites for hydroxylation is 1. The molecule has 0 saturated heterocycles. The number of benzene rings is 1. The van der Waals surface area contributed by atoms with Crippen molar-refractivity contribution in [3.05, 3.63) is 52.4 Å². The molecule has 2 aromatic rings. The highest BCUT2D eigenvalue weighted by molar-refractivity contribution is 6.07. The lowest BCUT2D eigenvalue weighted by Crippen LogP contribution is -2.20. The Labute approximate surface area is 122 Å². The average molecular weight is 287 g/mol. The van der Waals surface area contributed by atoms with E-state index in [0.29, 0.717) is 29.2 Å². The molecule has 6 nitrogen and oxygen atoms in total. The Morgan fingerprint density at radius 1 is 1.33 bits per heavy atom. The number of carbonyl (C=O) groups excluding carboxylic acids is 1. The quantitative estimate of drug-likeness (QED) is 0.838. The largest absolute Gasteiger partial charge is 0.497 e.